The molecule has 0 unspecified atom stereocenters. The number of alkyl halides is 1. The van der Waals surface area contributed by atoms with Crippen LogP contribution in [0.15, 0.2) is 29.6 Å². The molecule has 0 bridgehead atoms. The molecule has 0 saturated carbocycles. The van der Waals surface area contributed by atoms with Gasteiger partial charge in [-0.2, -0.15) is 0 Å². The number of carbonyl (C=O) groups excluding carboxylic acids is 1. The summed E-state index contributed by atoms with van der Waals surface area (Å²) in [5, 5.41) is 5.04. The summed E-state index contributed by atoms with van der Waals surface area (Å²) in [5.41, 5.74) is 2.02. The monoisotopic (exact) mass is 324 g/mol. The van der Waals surface area contributed by atoms with Crippen molar-refractivity contribution in [3.8, 4) is 5.75 Å². The van der Waals surface area contributed by atoms with Crippen molar-refractivity contribution in [2.75, 3.05) is 11.9 Å². The molecular formula is C15H17ClN2O2S. The Kier molecular flexibility index (Phi) is 6.02. The number of rotatable bonds is 7. The standard InChI is InChI=1S/C15H17ClN2O2S/c1-2-3-11-4-6-13(7-5-11)20-9-14(19)18-15-17-12(8-16)10-21-15/h4-7,10H,2-3,8-9H2,1H3,(H,17,18,19). The first kappa shape index (κ1) is 15.8. The van der Waals surface area contributed by atoms with Crippen LogP contribution in [0, 0.1) is 0 Å². The van der Waals surface area contributed by atoms with Gasteiger partial charge < -0.3 is 4.74 Å². The van der Waals surface area contributed by atoms with Gasteiger partial charge in [-0.1, -0.05) is 25.5 Å². The molecule has 6 heteroatoms. The van der Waals surface area contributed by atoms with Gasteiger partial charge in [0.05, 0.1) is 11.6 Å². The van der Waals surface area contributed by atoms with Gasteiger partial charge in [-0.3, -0.25) is 10.1 Å². The number of carbonyl (C=O) groups is 1. The van der Waals surface area contributed by atoms with Gasteiger partial charge in [0.2, 0.25) is 0 Å². The van der Waals surface area contributed by atoms with Crippen molar-refractivity contribution in [2.45, 2.75) is 25.6 Å². The zero-order chi connectivity index (χ0) is 15.1. The van der Waals surface area contributed by atoms with E-state index in [1.807, 2.05) is 29.6 Å². The average Bonchev–Trinajstić information content (AvgIpc) is 2.94. The summed E-state index contributed by atoms with van der Waals surface area (Å²) in [4.78, 5) is 15.9. The number of benzene rings is 1. The highest BCUT2D eigenvalue weighted by molar-refractivity contribution is 7.13. The smallest absolute Gasteiger partial charge is 0.264 e. The average molecular weight is 325 g/mol. The number of aromatic nitrogens is 1. The number of ether oxygens (including phenoxy) is 1. The highest BCUT2D eigenvalue weighted by Gasteiger charge is 2.07. The summed E-state index contributed by atoms with van der Waals surface area (Å²) < 4.78 is 5.45. The van der Waals surface area contributed by atoms with Crippen LogP contribution < -0.4 is 10.1 Å². The number of aryl methyl sites for hydroxylation is 1. The zero-order valence-electron chi connectivity index (χ0n) is 11.8. The third-order valence-corrected chi connectivity index (χ3v) is 3.85. The molecule has 1 aromatic carbocycles. The van der Waals surface area contributed by atoms with Gasteiger partial charge in [0.25, 0.3) is 5.91 Å². The summed E-state index contributed by atoms with van der Waals surface area (Å²) in [6.45, 7) is 2.10. The van der Waals surface area contributed by atoms with Gasteiger partial charge in [0, 0.05) is 5.38 Å². The Bertz CT molecular complexity index is 584. The van der Waals surface area contributed by atoms with Gasteiger partial charge in [-0.05, 0) is 24.1 Å². The fraction of sp³-hybridized carbons (Fsp3) is 0.333. The summed E-state index contributed by atoms with van der Waals surface area (Å²) in [7, 11) is 0. The highest BCUT2D eigenvalue weighted by atomic mass is 35.5. The van der Waals surface area contributed by atoms with Crippen LogP contribution in [-0.2, 0) is 17.1 Å². The fourth-order valence-electron chi connectivity index (χ4n) is 1.77. The minimum absolute atomic E-state index is 0.0388. The van der Waals surface area contributed by atoms with Crippen molar-refractivity contribution < 1.29 is 9.53 Å². The quantitative estimate of drug-likeness (QED) is 0.787. The lowest BCUT2D eigenvalue weighted by Gasteiger charge is -2.06. The molecule has 1 amide bonds. The minimum Gasteiger partial charge on any atom is -0.484 e. The Morgan fingerprint density at radius 1 is 1.38 bits per heavy atom. The van der Waals surface area contributed by atoms with Crippen LogP contribution in [0.25, 0.3) is 0 Å². The van der Waals surface area contributed by atoms with E-state index >= 15 is 0 Å². The molecular weight excluding hydrogens is 308 g/mol. The SMILES string of the molecule is CCCc1ccc(OCC(=O)Nc2nc(CCl)cs2)cc1. The first-order chi connectivity index (χ1) is 10.2. The molecule has 1 N–H and O–H groups in total. The van der Waals surface area contributed by atoms with Crippen LogP contribution in [0.2, 0.25) is 0 Å². The van der Waals surface area contributed by atoms with E-state index in [0.717, 1.165) is 18.5 Å². The van der Waals surface area contributed by atoms with E-state index in [1.54, 1.807) is 0 Å². The molecule has 2 aromatic rings. The Labute approximate surface area is 133 Å². The summed E-state index contributed by atoms with van der Waals surface area (Å²) in [5.74, 6) is 0.793. The molecule has 1 aromatic heterocycles. The molecule has 2 rings (SSSR count). The van der Waals surface area contributed by atoms with Gasteiger partial charge in [-0.25, -0.2) is 4.98 Å². The van der Waals surface area contributed by atoms with Gasteiger partial charge >= 0.3 is 0 Å². The zero-order valence-corrected chi connectivity index (χ0v) is 13.3. The van der Waals surface area contributed by atoms with E-state index in [0.29, 0.717) is 16.8 Å². The third kappa shape index (κ3) is 5.02. The molecule has 0 atom stereocenters. The molecule has 0 aliphatic heterocycles. The summed E-state index contributed by atoms with van der Waals surface area (Å²) in [6.07, 6.45) is 2.16. The molecule has 0 radical (unpaired) electrons. The fourth-order valence-corrected chi connectivity index (χ4v) is 2.73. The van der Waals surface area contributed by atoms with E-state index < -0.39 is 0 Å². The number of nitrogens with one attached hydrogen (secondary N) is 1. The van der Waals surface area contributed by atoms with Crippen molar-refractivity contribution in [1.29, 1.82) is 0 Å². The van der Waals surface area contributed by atoms with Gasteiger partial charge in [0.15, 0.2) is 11.7 Å². The Morgan fingerprint density at radius 2 is 2.14 bits per heavy atom. The number of hydrogen-bond acceptors (Lipinski definition) is 4. The predicted molar refractivity (Wildman–Crippen MR) is 86.2 cm³/mol. The molecule has 0 spiro atoms. The van der Waals surface area contributed by atoms with Crippen molar-refractivity contribution in [3.05, 3.63) is 40.9 Å². The number of halogens is 1. The lowest BCUT2D eigenvalue weighted by Crippen LogP contribution is -2.20. The molecule has 0 fully saturated rings. The van der Waals surface area contributed by atoms with Crippen molar-refractivity contribution in [3.63, 3.8) is 0 Å². The first-order valence-corrected chi connectivity index (χ1v) is 8.14. The van der Waals surface area contributed by atoms with Gasteiger partial charge in [-0.15, -0.1) is 22.9 Å². The molecule has 4 nitrogen and oxygen atoms in total. The number of nitrogens with zero attached hydrogens (tertiary/aromatic N) is 1. The maximum Gasteiger partial charge on any atom is 0.264 e. The van der Waals surface area contributed by atoms with E-state index in [-0.39, 0.29) is 12.5 Å². The molecule has 0 aliphatic rings. The Balaban J connectivity index is 1.80. The number of amides is 1. The Morgan fingerprint density at radius 3 is 2.76 bits per heavy atom. The largest absolute Gasteiger partial charge is 0.484 e. The topological polar surface area (TPSA) is 51.2 Å². The van der Waals surface area contributed by atoms with Crippen LogP contribution in [-0.4, -0.2) is 17.5 Å². The third-order valence-electron chi connectivity index (χ3n) is 2.77. The van der Waals surface area contributed by atoms with Gasteiger partial charge in [0.1, 0.15) is 5.75 Å². The van der Waals surface area contributed by atoms with Crippen LogP contribution in [0.4, 0.5) is 5.13 Å². The van der Waals surface area contributed by atoms with E-state index in [1.165, 1.54) is 16.9 Å². The lowest BCUT2D eigenvalue weighted by molar-refractivity contribution is -0.118. The molecule has 21 heavy (non-hydrogen) atoms. The predicted octanol–water partition coefficient (Wildman–Crippen LogP) is 3.85. The maximum atomic E-state index is 11.8. The van der Waals surface area contributed by atoms with E-state index in [2.05, 4.69) is 17.2 Å². The normalized spacial score (nSPS) is 10.4. The highest BCUT2D eigenvalue weighted by Crippen LogP contribution is 2.17. The molecule has 112 valence electrons. The first-order valence-electron chi connectivity index (χ1n) is 6.73. The van der Waals surface area contributed by atoms with Crippen LogP contribution in [0.3, 0.4) is 0 Å². The Hall–Kier alpha value is -1.59. The van der Waals surface area contributed by atoms with Crippen molar-refractivity contribution in [1.82, 2.24) is 4.98 Å². The van der Waals surface area contributed by atoms with Crippen LogP contribution >= 0.6 is 22.9 Å². The lowest BCUT2D eigenvalue weighted by atomic mass is 10.1. The van der Waals surface area contributed by atoms with Crippen LogP contribution in [0.5, 0.6) is 5.75 Å². The number of anilines is 1. The summed E-state index contributed by atoms with van der Waals surface area (Å²) in [6, 6.07) is 7.80. The van der Waals surface area contributed by atoms with Crippen molar-refractivity contribution in [2.24, 2.45) is 0 Å². The molecule has 0 aliphatic carbocycles. The second-order valence-corrected chi connectivity index (χ2v) is 5.63. The van der Waals surface area contributed by atoms with E-state index in [4.69, 9.17) is 16.3 Å². The molecule has 1 heterocycles. The van der Waals surface area contributed by atoms with Crippen LogP contribution in [0.1, 0.15) is 24.6 Å². The number of thiazole rings is 1. The second kappa shape index (κ2) is 8.00. The van der Waals surface area contributed by atoms with Crippen molar-refractivity contribution >= 4 is 34.0 Å². The summed E-state index contributed by atoms with van der Waals surface area (Å²) >= 11 is 7.01. The second-order valence-electron chi connectivity index (χ2n) is 4.51. The van der Waals surface area contributed by atoms with E-state index in [9.17, 15) is 4.79 Å². The number of hydrogen-bond donors (Lipinski definition) is 1. The minimum atomic E-state index is -0.233. The molecule has 0 saturated heterocycles. The maximum absolute atomic E-state index is 11.8.